The Morgan fingerprint density at radius 3 is 2.45 bits per heavy atom. The lowest BCUT2D eigenvalue weighted by Crippen LogP contribution is -2.19. The molecule has 0 aromatic heterocycles. The number of esters is 2. The molecule has 5 heteroatoms. The van der Waals surface area contributed by atoms with Crippen molar-refractivity contribution in [1.29, 1.82) is 0 Å². The molecule has 0 radical (unpaired) electrons. The van der Waals surface area contributed by atoms with Gasteiger partial charge in [-0.25, -0.2) is 0 Å². The second kappa shape index (κ2) is 10.8. The number of rotatable bonds is 9. The first-order valence-electron chi connectivity index (χ1n) is 10.4. The molecule has 1 atom stereocenters. The molecule has 1 unspecified atom stereocenters. The maximum Gasteiger partial charge on any atom is 0.308 e. The van der Waals surface area contributed by atoms with E-state index < -0.39 is 11.9 Å². The van der Waals surface area contributed by atoms with Crippen molar-refractivity contribution in [1.82, 2.24) is 0 Å². The van der Waals surface area contributed by atoms with Crippen LogP contribution in [0.15, 0.2) is 23.8 Å². The number of aryl methyl sites for hydroxylation is 1. The number of carbonyl (C=O) groups is 2. The molecule has 0 spiro atoms. The van der Waals surface area contributed by atoms with E-state index in [2.05, 4.69) is 26.8 Å². The number of fused-ring (bicyclic) bond motifs is 1. The Bertz CT molecular complexity index is 800. The van der Waals surface area contributed by atoms with Gasteiger partial charge in [0.25, 0.3) is 0 Å². The number of ether oxygens (including phenoxy) is 3. The van der Waals surface area contributed by atoms with E-state index in [1.807, 2.05) is 12.2 Å². The van der Waals surface area contributed by atoms with Gasteiger partial charge in [0.2, 0.25) is 0 Å². The summed E-state index contributed by atoms with van der Waals surface area (Å²) < 4.78 is 17.3. The van der Waals surface area contributed by atoms with E-state index in [0.29, 0.717) is 29.2 Å². The van der Waals surface area contributed by atoms with Gasteiger partial charge in [0.05, 0.1) is 5.56 Å². The maximum atomic E-state index is 11.8. The van der Waals surface area contributed by atoms with Crippen molar-refractivity contribution in [3.8, 4) is 17.2 Å². The SMILES string of the molecule is CCCCCc1cc(OC(C)=O)c2c(c1OC(C)=O)OC(CCC=C(C)C)C=C2. The third-order valence-corrected chi connectivity index (χ3v) is 4.61. The summed E-state index contributed by atoms with van der Waals surface area (Å²) in [5.41, 5.74) is 2.72. The predicted molar refractivity (Wildman–Crippen MR) is 114 cm³/mol. The first kappa shape index (κ1) is 22.7. The van der Waals surface area contributed by atoms with Crippen LogP contribution < -0.4 is 14.2 Å². The van der Waals surface area contributed by atoms with Crippen LogP contribution in [0.5, 0.6) is 17.2 Å². The van der Waals surface area contributed by atoms with Crippen LogP contribution in [0.3, 0.4) is 0 Å². The zero-order valence-corrected chi connectivity index (χ0v) is 18.2. The lowest BCUT2D eigenvalue weighted by Gasteiger charge is -2.26. The third kappa shape index (κ3) is 6.77. The van der Waals surface area contributed by atoms with Crippen LogP contribution >= 0.6 is 0 Å². The van der Waals surface area contributed by atoms with Gasteiger partial charge >= 0.3 is 11.9 Å². The fraction of sp³-hybridized carbons (Fsp3) is 0.500. The van der Waals surface area contributed by atoms with E-state index in [1.165, 1.54) is 19.4 Å². The molecule has 1 aliphatic rings. The molecule has 0 N–H and O–H groups in total. The molecule has 158 valence electrons. The second-order valence-electron chi connectivity index (χ2n) is 7.62. The number of benzene rings is 1. The largest absolute Gasteiger partial charge is 0.482 e. The van der Waals surface area contributed by atoms with Crippen molar-refractivity contribution >= 4 is 18.0 Å². The summed E-state index contributed by atoms with van der Waals surface area (Å²) in [6, 6.07) is 1.80. The lowest BCUT2D eigenvalue weighted by atomic mass is 9.99. The molecule has 1 aliphatic heterocycles. The minimum absolute atomic E-state index is 0.136. The zero-order valence-electron chi connectivity index (χ0n) is 18.2. The molecule has 2 rings (SSSR count). The van der Waals surface area contributed by atoms with Crippen molar-refractivity contribution in [2.75, 3.05) is 0 Å². The normalized spacial score (nSPS) is 14.6. The van der Waals surface area contributed by atoms with Crippen LogP contribution in [0.1, 0.15) is 77.8 Å². The quantitative estimate of drug-likeness (QED) is 0.227. The molecule has 29 heavy (non-hydrogen) atoms. The second-order valence-corrected chi connectivity index (χ2v) is 7.62. The van der Waals surface area contributed by atoms with E-state index in [-0.39, 0.29) is 6.10 Å². The van der Waals surface area contributed by atoms with Crippen LogP contribution in [0, 0.1) is 0 Å². The Morgan fingerprint density at radius 1 is 1.10 bits per heavy atom. The van der Waals surface area contributed by atoms with E-state index in [9.17, 15) is 9.59 Å². The van der Waals surface area contributed by atoms with Gasteiger partial charge in [-0.05, 0) is 57.7 Å². The maximum absolute atomic E-state index is 11.8. The van der Waals surface area contributed by atoms with Crippen LogP contribution in [0.2, 0.25) is 0 Å². The molecule has 1 heterocycles. The topological polar surface area (TPSA) is 61.8 Å². The molecule has 1 aromatic rings. The third-order valence-electron chi connectivity index (χ3n) is 4.61. The number of unbranched alkanes of at least 4 members (excludes halogenated alkanes) is 2. The van der Waals surface area contributed by atoms with Gasteiger partial charge < -0.3 is 14.2 Å². The van der Waals surface area contributed by atoms with Gasteiger partial charge in [-0.2, -0.15) is 0 Å². The summed E-state index contributed by atoms with van der Waals surface area (Å²) in [5, 5.41) is 0. The fourth-order valence-corrected chi connectivity index (χ4v) is 3.29. The van der Waals surface area contributed by atoms with Gasteiger partial charge in [-0.3, -0.25) is 9.59 Å². The first-order chi connectivity index (χ1) is 13.8. The summed E-state index contributed by atoms with van der Waals surface area (Å²) in [4.78, 5) is 23.4. The van der Waals surface area contributed by atoms with Gasteiger partial charge in [0, 0.05) is 19.4 Å². The molecule has 0 saturated heterocycles. The van der Waals surface area contributed by atoms with Crippen LogP contribution in [0.4, 0.5) is 0 Å². The molecule has 0 amide bonds. The molecule has 0 fully saturated rings. The highest BCUT2D eigenvalue weighted by atomic mass is 16.6. The molecule has 1 aromatic carbocycles. The van der Waals surface area contributed by atoms with Crippen molar-refractivity contribution in [2.45, 2.75) is 79.2 Å². The van der Waals surface area contributed by atoms with E-state index in [4.69, 9.17) is 14.2 Å². The summed E-state index contributed by atoms with van der Waals surface area (Å²) >= 11 is 0. The van der Waals surface area contributed by atoms with E-state index in [0.717, 1.165) is 37.7 Å². The molecular weight excluding hydrogens is 368 g/mol. The number of allylic oxidation sites excluding steroid dienone is 2. The molecule has 5 nitrogen and oxygen atoms in total. The van der Waals surface area contributed by atoms with E-state index >= 15 is 0 Å². The number of hydrogen-bond acceptors (Lipinski definition) is 5. The minimum Gasteiger partial charge on any atom is -0.482 e. The predicted octanol–water partition coefficient (Wildman–Crippen LogP) is 5.79. The smallest absolute Gasteiger partial charge is 0.308 e. The first-order valence-corrected chi connectivity index (χ1v) is 10.4. The van der Waals surface area contributed by atoms with Crippen LogP contribution in [-0.2, 0) is 16.0 Å². The number of hydrogen-bond donors (Lipinski definition) is 0. The Balaban J connectivity index is 2.44. The monoisotopic (exact) mass is 400 g/mol. The summed E-state index contributed by atoms with van der Waals surface area (Å²) in [6.45, 7) is 9.03. The summed E-state index contributed by atoms with van der Waals surface area (Å²) in [6.07, 6.45) is 11.4. The molecule has 0 saturated carbocycles. The average Bonchev–Trinajstić information content (AvgIpc) is 2.63. The van der Waals surface area contributed by atoms with Gasteiger partial charge in [0.1, 0.15) is 11.9 Å². The van der Waals surface area contributed by atoms with Crippen molar-refractivity contribution < 1.29 is 23.8 Å². The highest BCUT2D eigenvalue weighted by molar-refractivity contribution is 5.79. The fourth-order valence-electron chi connectivity index (χ4n) is 3.29. The van der Waals surface area contributed by atoms with Crippen LogP contribution in [0.25, 0.3) is 6.08 Å². The van der Waals surface area contributed by atoms with Crippen LogP contribution in [-0.4, -0.2) is 18.0 Å². The van der Waals surface area contributed by atoms with E-state index in [1.54, 1.807) is 6.07 Å². The summed E-state index contributed by atoms with van der Waals surface area (Å²) in [5.74, 6) is 0.564. The van der Waals surface area contributed by atoms with Crippen molar-refractivity contribution in [3.63, 3.8) is 0 Å². The van der Waals surface area contributed by atoms with Gasteiger partial charge in [-0.15, -0.1) is 0 Å². The Morgan fingerprint density at radius 2 is 1.83 bits per heavy atom. The Kier molecular flexibility index (Phi) is 8.50. The highest BCUT2D eigenvalue weighted by Gasteiger charge is 2.27. The highest BCUT2D eigenvalue weighted by Crippen LogP contribution is 2.45. The minimum atomic E-state index is -0.400. The lowest BCUT2D eigenvalue weighted by molar-refractivity contribution is -0.133. The Labute approximate surface area is 173 Å². The number of carbonyl (C=O) groups excluding carboxylic acids is 2. The molecule has 0 aliphatic carbocycles. The standard InChI is InChI=1S/C24H32O5/c1-6-7-8-11-19-15-22(27-17(4)25)21-14-13-20(12-9-10-16(2)3)29-24(21)23(19)28-18(5)26/h10,13-15,20H,6-9,11-12H2,1-5H3. The van der Waals surface area contributed by atoms with Crippen molar-refractivity contribution in [2.24, 2.45) is 0 Å². The molecular formula is C24H32O5. The summed E-state index contributed by atoms with van der Waals surface area (Å²) in [7, 11) is 0. The van der Waals surface area contributed by atoms with Gasteiger partial charge in [0.15, 0.2) is 11.5 Å². The molecule has 0 bridgehead atoms. The van der Waals surface area contributed by atoms with Gasteiger partial charge in [-0.1, -0.05) is 31.4 Å². The van der Waals surface area contributed by atoms with Crippen molar-refractivity contribution in [3.05, 3.63) is 34.9 Å². The Hall–Kier alpha value is -2.56. The zero-order chi connectivity index (χ0) is 21.4. The average molecular weight is 401 g/mol.